The minimum Gasteiger partial charge on any atom is -0.493 e. The van der Waals surface area contributed by atoms with Crippen LogP contribution in [0.5, 0.6) is 11.5 Å². The van der Waals surface area contributed by atoms with Crippen LogP contribution in [-0.4, -0.2) is 35.7 Å². The predicted octanol–water partition coefficient (Wildman–Crippen LogP) is 4.09. The minimum absolute atomic E-state index is 0.0680. The smallest absolute Gasteiger partial charge is 0.329 e. The van der Waals surface area contributed by atoms with E-state index in [1.54, 1.807) is 36.4 Å². The van der Waals surface area contributed by atoms with Crippen molar-refractivity contribution in [1.29, 1.82) is 0 Å². The molecule has 8 nitrogen and oxygen atoms in total. The normalized spacial score (nSPS) is 26.3. The van der Waals surface area contributed by atoms with Crippen LogP contribution in [0.4, 0.5) is 0 Å². The molecule has 4 aliphatic carbocycles. The van der Waals surface area contributed by atoms with E-state index in [0.717, 1.165) is 27.9 Å². The van der Waals surface area contributed by atoms with E-state index >= 15 is 0 Å². The number of fused-ring (bicyclic) bond motifs is 1. The number of aromatic nitrogens is 2. The molecule has 3 aromatic rings. The summed E-state index contributed by atoms with van der Waals surface area (Å²) < 4.78 is 11.7. The number of carbonyl (C=O) groups is 1. The molecule has 38 heavy (non-hydrogen) atoms. The average molecular weight is 518 g/mol. The van der Waals surface area contributed by atoms with Crippen molar-refractivity contribution in [3.05, 3.63) is 68.4 Å². The van der Waals surface area contributed by atoms with Crippen LogP contribution < -0.4 is 26.0 Å². The van der Waals surface area contributed by atoms with Crippen molar-refractivity contribution in [3.63, 3.8) is 0 Å². The Bertz CT molecular complexity index is 1470. The lowest BCUT2D eigenvalue weighted by Crippen LogP contribution is -2.55. The van der Waals surface area contributed by atoms with Gasteiger partial charge in [0, 0.05) is 17.7 Å². The number of rotatable bonds is 7. The van der Waals surface area contributed by atoms with Crippen LogP contribution >= 0.6 is 0 Å². The minimum atomic E-state index is -0.513. The Morgan fingerprint density at radius 3 is 2.16 bits per heavy atom. The number of aromatic amines is 1. The second-order valence-corrected chi connectivity index (χ2v) is 11.7. The summed E-state index contributed by atoms with van der Waals surface area (Å²) in [6.07, 6.45) is 7.87. The summed E-state index contributed by atoms with van der Waals surface area (Å²) in [7, 11) is 2.99. The second-order valence-electron chi connectivity index (χ2n) is 11.7. The number of benzene rings is 2. The average Bonchev–Trinajstić information content (AvgIpc) is 2.90. The van der Waals surface area contributed by atoms with E-state index in [1.165, 1.54) is 52.7 Å². The molecule has 1 aromatic heterocycles. The van der Waals surface area contributed by atoms with E-state index in [4.69, 9.17) is 9.47 Å². The molecular formula is C30H35N3O5. The van der Waals surface area contributed by atoms with E-state index < -0.39 is 11.2 Å². The summed E-state index contributed by atoms with van der Waals surface area (Å²) in [5.74, 6) is 3.29. The van der Waals surface area contributed by atoms with Crippen molar-refractivity contribution in [2.75, 3.05) is 14.2 Å². The van der Waals surface area contributed by atoms with Gasteiger partial charge in [0.05, 0.1) is 31.7 Å². The van der Waals surface area contributed by atoms with Crippen LogP contribution in [0.2, 0.25) is 0 Å². The van der Waals surface area contributed by atoms with Gasteiger partial charge in [-0.25, -0.2) is 4.79 Å². The highest BCUT2D eigenvalue weighted by Crippen LogP contribution is 2.61. The van der Waals surface area contributed by atoms with E-state index in [1.807, 2.05) is 0 Å². The van der Waals surface area contributed by atoms with E-state index in [0.29, 0.717) is 28.0 Å². The van der Waals surface area contributed by atoms with Crippen LogP contribution in [0.1, 0.15) is 61.4 Å². The fraction of sp³-hybridized carbons (Fsp3) is 0.500. The molecule has 0 spiro atoms. The lowest BCUT2D eigenvalue weighted by molar-refractivity contribution is -0.0688. The molecule has 8 heteroatoms. The van der Waals surface area contributed by atoms with Crippen molar-refractivity contribution in [2.45, 2.75) is 58.0 Å². The highest BCUT2D eigenvalue weighted by molar-refractivity contribution is 5.94. The van der Waals surface area contributed by atoms with E-state index in [9.17, 15) is 14.4 Å². The van der Waals surface area contributed by atoms with Crippen LogP contribution in [0.15, 0.2) is 46.0 Å². The van der Waals surface area contributed by atoms with Crippen molar-refractivity contribution >= 4 is 16.8 Å². The molecule has 0 radical (unpaired) electrons. The zero-order chi connectivity index (χ0) is 26.6. The maximum Gasteiger partial charge on any atom is 0.329 e. The van der Waals surface area contributed by atoms with Gasteiger partial charge in [0.1, 0.15) is 0 Å². The summed E-state index contributed by atoms with van der Waals surface area (Å²) in [5, 5.41) is 3.64. The molecule has 0 aliphatic heterocycles. The largest absolute Gasteiger partial charge is 0.493 e. The highest BCUT2D eigenvalue weighted by atomic mass is 16.5. The number of H-pyrrole nitrogens is 1. The standard InChI is InChI=1S/C30H35N3O5/c1-17(30-13-19-8-20(14-30)10-21(9-19)15-30)31-27(34)22-6-4-18(5-7-22)16-33-28(35)23-11-25(37-2)26(38-3)12-24(23)32-29(33)36/h4-7,11-12,17,19-21H,8-10,13-16H2,1-3H3,(H,31,34)(H,32,36)/t17-,19?,20?,21?,30?/m1/s1. The van der Waals surface area contributed by atoms with Gasteiger partial charge in [-0.1, -0.05) is 12.1 Å². The Balaban J connectivity index is 1.18. The van der Waals surface area contributed by atoms with Crippen molar-refractivity contribution in [2.24, 2.45) is 23.2 Å². The summed E-state index contributed by atoms with van der Waals surface area (Å²) in [4.78, 5) is 41.8. The van der Waals surface area contributed by atoms with Crippen molar-refractivity contribution in [3.8, 4) is 11.5 Å². The molecule has 1 heterocycles. The Hall–Kier alpha value is -3.55. The number of nitrogens with zero attached hydrogens (tertiary/aromatic N) is 1. The number of hydrogen-bond acceptors (Lipinski definition) is 5. The molecule has 1 amide bonds. The van der Waals surface area contributed by atoms with Gasteiger partial charge < -0.3 is 19.8 Å². The lowest BCUT2D eigenvalue weighted by atomic mass is 9.48. The van der Waals surface area contributed by atoms with Crippen molar-refractivity contribution in [1.82, 2.24) is 14.9 Å². The van der Waals surface area contributed by atoms with Crippen LogP contribution in [0.3, 0.4) is 0 Å². The van der Waals surface area contributed by atoms with Gasteiger partial charge in [0.25, 0.3) is 11.5 Å². The van der Waals surface area contributed by atoms with E-state index in [-0.39, 0.29) is 23.9 Å². The summed E-state index contributed by atoms with van der Waals surface area (Å²) in [6.45, 7) is 2.27. The topological polar surface area (TPSA) is 102 Å². The summed E-state index contributed by atoms with van der Waals surface area (Å²) in [5.41, 5.74) is 1.03. The third kappa shape index (κ3) is 4.20. The molecule has 4 saturated carbocycles. The Morgan fingerprint density at radius 2 is 1.58 bits per heavy atom. The third-order valence-electron chi connectivity index (χ3n) is 9.39. The number of ether oxygens (including phenoxy) is 2. The molecule has 0 unspecified atom stereocenters. The fourth-order valence-corrected chi connectivity index (χ4v) is 7.81. The fourth-order valence-electron chi connectivity index (χ4n) is 7.81. The molecular weight excluding hydrogens is 482 g/mol. The number of hydrogen-bond donors (Lipinski definition) is 2. The molecule has 2 N–H and O–H groups in total. The number of amides is 1. The van der Waals surface area contributed by atoms with Gasteiger partial charge in [-0.05, 0) is 92.4 Å². The number of carbonyl (C=O) groups excluding carboxylic acids is 1. The first-order chi connectivity index (χ1) is 18.3. The monoisotopic (exact) mass is 517 g/mol. The number of methoxy groups -OCH3 is 2. The van der Waals surface area contributed by atoms with Gasteiger partial charge in [-0.3, -0.25) is 14.2 Å². The van der Waals surface area contributed by atoms with Gasteiger partial charge in [0.2, 0.25) is 0 Å². The second kappa shape index (κ2) is 9.33. The quantitative estimate of drug-likeness (QED) is 0.492. The predicted molar refractivity (Wildman–Crippen MR) is 145 cm³/mol. The van der Waals surface area contributed by atoms with Gasteiger partial charge in [-0.15, -0.1) is 0 Å². The third-order valence-corrected chi connectivity index (χ3v) is 9.39. The first kappa shape index (κ1) is 24.8. The Morgan fingerprint density at radius 1 is 1.00 bits per heavy atom. The lowest BCUT2D eigenvalue weighted by Gasteiger charge is -2.59. The molecule has 7 rings (SSSR count). The molecule has 4 fully saturated rings. The molecule has 4 aliphatic rings. The molecule has 0 saturated heterocycles. The zero-order valence-electron chi connectivity index (χ0n) is 22.2. The first-order valence-corrected chi connectivity index (χ1v) is 13.6. The summed E-state index contributed by atoms with van der Waals surface area (Å²) in [6, 6.07) is 10.4. The molecule has 200 valence electrons. The Labute approximate surface area is 221 Å². The maximum absolute atomic E-state index is 13.2. The van der Waals surface area contributed by atoms with Crippen LogP contribution in [0.25, 0.3) is 10.9 Å². The number of nitrogens with one attached hydrogen (secondary N) is 2. The van der Waals surface area contributed by atoms with Gasteiger partial charge in [0.15, 0.2) is 11.5 Å². The van der Waals surface area contributed by atoms with Gasteiger partial charge in [-0.2, -0.15) is 0 Å². The molecule has 4 bridgehead atoms. The summed E-state index contributed by atoms with van der Waals surface area (Å²) >= 11 is 0. The highest BCUT2D eigenvalue weighted by Gasteiger charge is 2.53. The van der Waals surface area contributed by atoms with Gasteiger partial charge >= 0.3 is 5.69 Å². The van der Waals surface area contributed by atoms with Crippen LogP contribution in [-0.2, 0) is 6.54 Å². The molecule has 1 atom stereocenters. The van der Waals surface area contributed by atoms with Crippen molar-refractivity contribution < 1.29 is 14.3 Å². The van der Waals surface area contributed by atoms with E-state index in [2.05, 4.69) is 17.2 Å². The SMILES string of the molecule is COc1cc2[nH]c(=O)n(Cc3ccc(C(=O)N[C@H](C)C45CC6CC(CC(C6)C4)C5)cc3)c(=O)c2cc1OC. The maximum atomic E-state index is 13.2. The van der Waals surface area contributed by atoms with Crippen LogP contribution in [0, 0.1) is 23.2 Å². The zero-order valence-corrected chi connectivity index (χ0v) is 22.2. The Kier molecular flexibility index (Phi) is 6.08. The first-order valence-electron chi connectivity index (χ1n) is 13.6. The molecule has 2 aromatic carbocycles.